The molecule has 0 unspecified atom stereocenters. The van der Waals surface area contributed by atoms with E-state index < -0.39 is 0 Å². The minimum atomic E-state index is -0.199. The van der Waals surface area contributed by atoms with Crippen molar-refractivity contribution in [3.05, 3.63) is 60.2 Å². The first-order chi connectivity index (χ1) is 12.2. The van der Waals surface area contributed by atoms with Gasteiger partial charge in [0.2, 0.25) is 11.8 Å². The molecule has 0 saturated carbocycles. The van der Waals surface area contributed by atoms with Gasteiger partial charge in [0, 0.05) is 18.7 Å². The fourth-order valence-electron chi connectivity index (χ4n) is 2.14. The van der Waals surface area contributed by atoms with Crippen LogP contribution in [0.5, 0.6) is 5.75 Å². The molecule has 0 aliphatic heterocycles. The Morgan fingerprint density at radius 3 is 2.31 bits per heavy atom. The topological polar surface area (TPSA) is 93.5 Å². The molecule has 140 valence electrons. The third-order valence-corrected chi connectivity index (χ3v) is 3.47. The minimum Gasteiger partial charge on any atom is -0.494 e. The van der Waals surface area contributed by atoms with Crippen molar-refractivity contribution in [1.29, 1.82) is 0 Å². The number of amides is 2. The molecule has 0 atom stereocenters. The molecule has 0 bridgehead atoms. The van der Waals surface area contributed by atoms with E-state index in [1.54, 1.807) is 0 Å². The van der Waals surface area contributed by atoms with Gasteiger partial charge in [-0.25, -0.2) is 0 Å². The second-order valence-corrected chi connectivity index (χ2v) is 5.49. The van der Waals surface area contributed by atoms with Gasteiger partial charge in [-0.3, -0.25) is 9.59 Å². The van der Waals surface area contributed by atoms with Crippen molar-refractivity contribution in [3.8, 4) is 5.75 Å². The van der Waals surface area contributed by atoms with Crippen molar-refractivity contribution in [3.63, 3.8) is 0 Å². The fourth-order valence-corrected chi connectivity index (χ4v) is 2.14. The van der Waals surface area contributed by atoms with Gasteiger partial charge in [-0.15, -0.1) is 12.4 Å². The lowest BCUT2D eigenvalue weighted by Crippen LogP contribution is -2.29. The average molecular weight is 378 g/mol. The summed E-state index contributed by atoms with van der Waals surface area (Å²) in [6.45, 7) is 0.889. The summed E-state index contributed by atoms with van der Waals surface area (Å²) in [5.74, 6) is 0.552. The lowest BCUT2D eigenvalue weighted by Gasteiger charge is -2.08. The van der Waals surface area contributed by atoms with Crippen LogP contribution in [0, 0.1) is 0 Å². The fraction of sp³-hybridized carbons (Fsp3) is 0.263. The quantitative estimate of drug-likeness (QED) is 0.585. The van der Waals surface area contributed by atoms with Crippen molar-refractivity contribution in [2.24, 2.45) is 5.73 Å². The summed E-state index contributed by atoms with van der Waals surface area (Å²) in [5.41, 5.74) is 6.90. The van der Waals surface area contributed by atoms with Gasteiger partial charge >= 0.3 is 0 Å². The Morgan fingerprint density at radius 1 is 0.962 bits per heavy atom. The highest BCUT2D eigenvalue weighted by Gasteiger charge is 2.03. The van der Waals surface area contributed by atoms with Crippen LogP contribution in [0.25, 0.3) is 0 Å². The number of halogens is 1. The van der Waals surface area contributed by atoms with E-state index in [-0.39, 0.29) is 30.8 Å². The molecule has 0 aliphatic carbocycles. The maximum absolute atomic E-state index is 11.9. The van der Waals surface area contributed by atoms with Crippen LogP contribution >= 0.6 is 12.4 Å². The second-order valence-electron chi connectivity index (χ2n) is 5.49. The van der Waals surface area contributed by atoms with E-state index in [4.69, 9.17) is 10.5 Å². The summed E-state index contributed by atoms with van der Waals surface area (Å²) in [5, 5.41) is 5.53. The number of carbonyl (C=O) groups excluding carboxylic acids is 2. The molecule has 7 heteroatoms. The van der Waals surface area contributed by atoms with Gasteiger partial charge < -0.3 is 21.1 Å². The van der Waals surface area contributed by atoms with Crippen LogP contribution in [-0.4, -0.2) is 25.0 Å². The van der Waals surface area contributed by atoms with Crippen molar-refractivity contribution < 1.29 is 14.3 Å². The number of hydrogen-bond donors (Lipinski definition) is 3. The predicted molar refractivity (Wildman–Crippen MR) is 104 cm³/mol. The highest BCUT2D eigenvalue weighted by Crippen LogP contribution is 2.11. The zero-order chi connectivity index (χ0) is 17.9. The molecule has 0 radical (unpaired) electrons. The number of anilines is 1. The Balaban J connectivity index is 0.00000338. The molecule has 0 aliphatic rings. The number of ether oxygens (including phenoxy) is 1. The standard InChI is InChI=1S/C19H23N3O3.ClH/c20-13-19(24)21-14-15-8-10-16(11-9-15)22-18(23)7-4-12-25-17-5-2-1-3-6-17;/h1-3,5-6,8-11H,4,7,12-14,20H2,(H,21,24)(H,22,23);1H. The molecule has 6 nitrogen and oxygen atoms in total. The van der Waals surface area contributed by atoms with Crippen LogP contribution in [0.3, 0.4) is 0 Å². The molecule has 26 heavy (non-hydrogen) atoms. The van der Waals surface area contributed by atoms with E-state index in [9.17, 15) is 9.59 Å². The molecule has 2 rings (SSSR count). The van der Waals surface area contributed by atoms with E-state index in [1.807, 2.05) is 54.6 Å². The predicted octanol–water partition coefficient (Wildman–Crippen LogP) is 2.48. The van der Waals surface area contributed by atoms with Gasteiger partial charge in [0.05, 0.1) is 13.2 Å². The third-order valence-electron chi connectivity index (χ3n) is 3.47. The van der Waals surface area contributed by atoms with Crippen molar-refractivity contribution in [2.75, 3.05) is 18.5 Å². The van der Waals surface area contributed by atoms with Gasteiger partial charge in [0.15, 0.2) is 0 Å². The molecule has 0 aromatic heterocycles. The van der Waals surface area contributed by atoms with Crippen molar-refractivity contribution in [2.45, 2.75) is 19.4 Å². The SMILES string of the molecule is Cl.NCC(=O)NCc1ccc(NC(=O)CCCOc2ccccc2)cc1. The summed E-state index contributed by atoms with van der Waals surface area (Å²) in [6.07, 6.45) is 1.03. The highest BCUT2D eigenvalue weighted by molar-refractivity contribution is 5.90. The van der Waals surface area contributed by atoms with Gasteiger partial charge in [-0.2, -0.15) is 0 Å². The Morgan fingerprint density at radius 2 is 1.65 bits per heavy atom. The zero-order valence-electron chi connectivity index (χ0n) is 14.4. The first kappa shape index (κ1) is 21.5. The molecule has 2 amide bonds. The lowest BCUT2D eigenvalue weighted by atomic mass is 10.2. The molecule has 0 heterocycles. The Labute approximate surface area is 159 Å². The van der Waals surface area contributed by atoms with Crippen LogP contribution < -0.4 is 21.1 Å². The van der Waals surface area contributed by atoms with Crippen LogP contribution in [0.15, 0.2) is 54.6 Å². The average Bonchev–Trinajstić information content (AvgIpc) is 2.65. The Kier molecular flexibility index (Phi) is 9.82. The number of rotatable bonds is 9. The summed E-state index contributed by atoms with van der Waals surface area (Å²) in [6, 6.07) is 16.8. The molecule has 0 saturated heterocycles. The van der Waals surface area contributed by atoms with E-state index in [1.165, 1.54) is 0 Å². The normalized spacial score (nSPS) is 9.73. The van der Waals surface area contributed by atoms with Crippen LogP contribution in [0.1, 0.15) is 18.4 Å². The van der Waals surface area contributed by atoms with E-state index >= 15 is 0 Å². The van der Waals surface area contributed by atoms with Crippen molar-refractivity contribution in [1.82, 2.24) is 5.32 Å². The summed E-state index contributed by atoms with van der Waals surface area (Å²) in [4.78, 5) is 23.0. The molecule has 0 spiro atoms. The first-order valence-corrected chi connectivity index (χ1v) is 8.21. The minimum absolute atomic E-state index is 0. The van der Waals surface area contributed by atoms with Gasteiger partial charge in [-0.1, -0.05) is 30.3 Å². The molecule has 0 fully saturated rings. The van der Waals surface area contributed by atoms with Gasteiger partial charge in [0.25, 0.3) is 0 Å². The smallest absolute Gasteiger partial charge is 0.234 e. The molecular weight excluding hydrogens is 354 g/mol. The monoisotopic (exact) mass is 377 g/mol. The lowest BCUT2D eigenvalue weighted by molar-refractivity contribution is -0.120. The van der Waals surface area contributed by atoms with Crippen molar-refractivity contribution >= 4 is 29.9 Å². The largest absolute Gasteiger partial charge is 0.494 e. The van der Waals surface area contributed by atoms with Crippen LogP contribution in [0.4, 0.5) is 5.69 Å². The van der Waals surface area contributed by atoms with E-state index in [0.717, 1.165) is 17.0 Å². The maximum Gasteiger partial charge on any atom is 0.234 e. The molecular formula is C19H24ClN3O3. The Bertz CT molecular complexity index is 678. The number of nitrogens with one attached hydrogen (secondary N) is 2. The summed E-state index contributed by atoms with van der Waals surface area (Å²) >= 11 is 0. The van der Waals surface area contributed by atoms with E-state index in [0.29, 0.717) is 26.0 Å². The number of benzene rings is 2. The first-order valence-electron chi connectivity index (χ1n) is 8.21. The van der Waals surface area contributed by atoms with Crippen LogP contribution in [0.2, 0.25) is 0 Å². The second kappa shape index (κ2) is 11.9. The zero-order valence-corrected chi connectivity index (χ0v) is 15.3. The van der Waals surface area contributed by atoms with Crippen LogP contribution in [-0.2, 0) is 16.1 Å². The number of nitrogens with two attached hydrogens (primary N) is 1. The number of para-hydroxylation sites is 1. The molecule has 4 N–H and O–H groups in total. The number of carbonyl (C=O) groups is 2. The van der Waals surface area contributed by atoms with Gasteiger partial charge in [-0.05, 0) is 36.2 Å². The number of hydrogen-bond acceptors (Lipinski definition) is 4. The summed E-state index contributed by atoms with van der Waals surface area (Å²) < 4.78 is 5.55. The summed E-state index contributed by atoms with van der Waals surface area (Å²) in [7, 11) is 0. The molecule has 2 aromatic carbocycles. The molecule has 2 aromatic rings. The van der Waals surface area contributed by atoms with Gasteiger partial charge in [0.1, 0.15) is 5.75 Å². The maximum atomic E-state index is 11.9. The highest BCUT2D eigenvalue weighted by atomic mass is 35.5. The third kappa shape index (κ3) is 8.00. The Hall–Kier alpha value is -2.57. The van der Waals surface area contributed by atoms with E-state index in [2.05, 4.69) is 10.6 Å².